The van der Waals surface area contributed by atoms with E-state index in [1.54, 1.807) is 6.20 Å². The molecule has 1 atom stereocenters. The zero-order valence-electron chi connectivity index (χ0n) is 11.8. The van der Waals surface area contributed by atoms with Gasteiger partial charge in [0.15, 0.2) is 0 Å². The molecule has 5 heteroatoms. The smallest absolute Gasteiger partial charge is 0.223 e. The molecule has 3 N–H and O–H groups in total. The second-order valence-electron chi connectivity index (χ2n) is 6.20. The fraction of sp³-hybridized carbons (Fsp3) is 0.571. The predicted molar refractivity (Wildman–Crippen MR) is 75.0 cm³/mol. The van der Waals surface area contributed by atoms with Crippen molar-refractivity contribution in [3.8, 4) is 0 Å². The molecule has 1 unspecified atom stereocenters. The van der Waals surface area contributed by atoms with Gasteiger partial charge in [-0.1, -0.05) is 26.8 Å². The van der Waals surface area contributed by atoms with Gasteiger partial charge in [0.25, 0.3) is 0 Å². The Bertz CT molecular complexity index is 467. The zero-order valence-corrected chi connectivity index (χ0v) is 11.8. The number of nitrogens with zero attached hydrogens (tertiary/aromatic N) is 2. The quantitative estimate of drug-likeness (QED) is 0.643. The SMILES string of the molecule is CC(C)(C)C1CC(=O)N(Cc2cccnc2NN)C1. The zero-order chi connectivity index (χ0) is 14.0. The van der Waals surface area contributed by atoms with Crippen LogP contribution in [0.4, 0.5) is 5.82 Å². The van der Waals surface area contributed by atoms with Crippen LogP contribution < -0.4 is 11.3 Å². The number of aromatic nitrogens is 1. The molecule has 1 saturated heterocycles. The topological polar surface area (TPSA) is 71.2 Å². The van der Waals surface area contributed by atoms with Gasteiger partial charge in [-0.25, -0.2) is 10.8 Å². The molecule has 1 amide bonds. The van der Waals surface area contributed by atoms with Crippen LogP contribution in [0, 0.1) is 11.3 Å². The third kappa shape index (κ3) is 3.04. The predicted octanol–water partition coefficient (Wildman–Crippen LogP) is 1.76. The van der Waals surface area contributed by atoms with E-state index in [0.717, 1.165) is 12.1 Å². The molecule has 104 valence electrons. The van der Waals surface area contributed by atoms with E-state index in [9.17, 15) is 4.79 Å². The van der Waals surface area contributed by atoms with Gasteiger partial charge in [0.05, 0.1) is 0 Å². The molecule has 0 radical (unpaired) electrons. The number of nitrogen functional groups attached to an aromatic ring is 1. The Balaban J connectivity index is 2.10. The van der Waals surface area contributed by atoms with Crippen molar-refractivity contribution < 1.29 is 4.79 Å². The fourth-order valence-electron chi connectivity index (χ4n) is 2.41. The molecule has 0 spiro atoms. The van der Waals surface area contributed by atoms with Crippen molar-refractivity contribution in [3.63, 3.8) is 0 Å². The molecule has 1 aliphatic rings. The van der Waals surface area contributed by atoms with Gasteiger partial charge in [-0.2, -0.15) is 0 Å². The Morgan fingerprint density at radius 2 is 2.26 bits per heavy atom. The molecule has 0 aromatic carbocycles. The molecule has 2 rings (SSSR count). The third-order valence-corrected chi connectivity index (χ3v) is 3.83. The second-order valence-corrected chi connectivity index (χ2v) is 6.20. The molecular weight excluding hydrogens is 240 g/mol. The maximum absolute atomic E-state index is 12.1. The maximum atomic E-state index is 12.1. The summed E-state index contributed by atoms with van der Waals surface area (Å²) in [4.78, 5) is 18.1. The van der Waals surface area contributed by atoms with Crippen molar-refractivity contribution in [3.05, 3.63) is 23.9 Å². The Labute approximate surface area is 114 Å². The molecule has 0 aliphatic carbocycles. The fourth-order valence-corrected chi connectivity index (χ4v) is 2.41. The van der Waals surface area contributed by atoms with Crippen molar-refractivity contribution in [2.24, 2.45) is 17.2 Å². The maximum Gasteiger partial charge on any atom is 0.223 e. The first-order valence-corrected chi connectivity index (χ1v) is 6.60. The number of amides is 1. The van der Waals surface area contributed by atoms with E-state index in [-0.39, 0.29) is 11.3 Å². The van der Waals surface area contributed by atoms with Crippen LogP contribution in [0.2, 0.25) is 0 Å². The molecule has 0 bridgehead atoms. The molecule has 1 aliphatic heterocycles. The first-order valence-electron chi connectivity index (χ1n) is 6.60. The van der Waals surface area contributed by atoms with Crippen LogP contribution in [0.3, 0.4) is 0 Å². The van der Waals surface area contributed by atoms with Crippen LogP contribution in [-0.2, 0) is 11.3 Å². The van der Waals surface area contributed by atoms with Crippen molar-refractivity contribution in [2.45, 2.75) is 33.7 Å². The lowest BCUT2D eigenvalue weighted by atomic mass is 9.80. The summed E-state index contributed by atoms with van der Waals surface area (Å²) in [5.41, 5.74) is 3.69. The largest absolute Gasteiger partial charge is 0.338 e. The Kier molecular flexibility index (Phi) is 3.75. The van der Waals surface area contributed by atoms with E-state index in [2.05, 4.69) is 31.2 Å². The van der Waals surface area contributed by atoms with E-state index in [4.69, 9.17) is 5.84 Å². The number of hydrazine groups is 1. The Morgan fingerprint density at radius 1 is 1.53 bits per heavy atom. The standard InChI is InChI=1S/C14H22N4O/c1-14(2,3)11-7-12(19)18(9-11)8-10-5-4-6-16-13(10)17-15/h4-6,11H,7-9,15H2,1-3H3,(H,16,17). The molecule has 19 heavy (non-hydrogen) atoms. The highest BCUT2D eigenvalue weighted by molar-refractivity contribution is 5.79. The van der Waals surface area contributed by atoms with Crippen LogP contribution in [-0.4, -0.2) is 22.3 Å². The van der Waals surface area contributed by atoms with Gasteiger partial charge >= 0.3 is 0 Å². The lowest BCUT2D eigenvalue weighted by molar-refractivity contribution is -0.128. The summed E-state index contributed by atoms with van der Waals surface area (Å²) in [5.74, 6) is 6.70. The van der Waals surface area contributed by atoms with E-state index in [0.29, 0.717) is 24.7 Å². The van der Waals surface area contributed by atoms with Gasteiger partial charge in [-0.05, 0) is 17.4 Å². The molecule has 1 fully saturated rings. The summed E-state index contributed by atoms with van der Waals surface area (Å²) in [7, 11) is 0. The number of anilines is 1. The number of hydrogen-bond donors (Lipinski definition) is 2. The average molecular weight is 262 g/mol. The minimum absolute atomic E-state index is 0.161. The van der Waals surface area contributed by atoms with Crippen LogP contribution in [0.25, 0.3) is 0 Å². The van der Waals surface area contributed by atoms with Crippen LogP contribution in [0.5, 0.6) is 0 Å². The Hall–Kier alpha value is -1.62. The first kappa shape index (κ1) is 13.8. The Morgan fingerprint density at radius 3 is 2.84 bits per heavy atom. The van der Waals surface area contributed by atoms with Crippen molar-refractivity contribution in [1.82, 2.24) is 9.88 Å². The lowest BCUT2D eigenvalue weighted by Gasteiger charge is -2.26. The van der Waals surface area contributed by atoms with E-state index in [1.807, 2.05) is 17.0 Å². The number of nitrogens with one attached hydrogen (secondary N) is 1. The number of nitrogens with two attached hydrogens (primary N) is 1. The van der Waals surface area contributed by atoms with E-state index < -0.39 is 0 Å². The summed E-state index contributed by atoms with van der Waals surface area (Å²) in [6.07, 6.45) is 2.32. The minimum atomic E-state index is 0.161. The molecule has 0 saturated carbocycles. The molecule has 2 heterocycles. The summed E-state index contributed by atoms with van der Waals surface area (Å²) < 4.78 is 0. The van der Waals surface area contributed by atoms with Crippen LogP contribution in [0.15, 0.2) is 18.3 Å². The number of rotatable bonds is 3. The number of carbonyl (C=O) groups is 1. The van der Waals surface area contributed by atoms with Crippen LogP contribution in [0.1, 0.15) is 32.8 Å². The molecule has 1 aromatic rings. The van der Waals surface area contributed by atoms with Gasteiger partial charge in [0.1, 0.15) is 5.82 Å². The highest BCUT2D eigenvalue weighted by atomic mass is 16.2. The van der Waals surface area contributed by atoms with Crippen molar-refractivity contribution in [2.75, 3.05) is 12.0 Å². The van der Waals surface area contributed by atoms with Gasteiger partial charge in [-0.15, -0.1) is 0 Å². The van der Waals surface area contributed by atoms with Gasteiger partial charge < -0.3 is 10.3 Å². The molecule has 5 nitrogen and oxygen atoms in total. The van der Waals surface area contributed by atoms with Crippen molar-refractivity contribution >= 4 is 11.7 Å². The summed E-state index contributed by atoms with van der Waals surface area (Å²) in [6, 6.07) is 3.80. The molecule has 1 aromatic heterocycles. The monoisotopic (exact) mass is 262 g/mol. The lowest BCUT2D eigenvalue weighted by Crippen LogP contribution is -2.28. The van der Waals surface area contributed by atoms with E-state index in [1.165, 1.54) is 0 Å². The normalized spacial score (nSPS) is 19.9. The van der Waals surface area contributed by atoms with E-state index >= 15 is 0 Å². The highest BCUT2D eigenvalue weighted by Crippen LogP contribution is 2.35. The first-order chi connectivity index (χ1) is 8.91. The third-order valence-electron chi connectivity index (χ3n) is 3.83. The summed E-state index contributed by atoms with van der Waals surface area (Å²) in [6.45, 7) is 7.93. The van der Waals surface area contributed by atoms with Gasteiger partial charge in [0, 0.05) is 31.3 Å². The average Bonchev–Trinajstić information content (AvgIpc) is 2.72. The number of likely N-dealkylation sites (tertiary alicyclic amines) is 1. The summed E-state index contributed by atoms with van der Waals surface area (Å²) in [5, 5.41) is 0. The molecular formula is C14H22N4O. The highest BCUT2D eigenvalue weighted by Gasteiger charge is 2.36. The minimum Gasteiger partial charge on any atom is -0.338 e. The van der Waals surface area contributed by atoms with Gasteiger partial charge in [0.2, 0.25) is 5.91 Å². The number of carbonyl (C=O) groups excluding carboxylic acids is 1. The summed E-state index contributed by atoms with van der Waals surface area (Å²) >= 11 is 0. The van der Waals surface area contributed by atoms with Crippen LogP contribution >= 0.6 is 0 Å². The number of pyridine rings is 1. The number of hydrogen-bond acceptors (Lipinski definition) is 4. The van der Waals surface area contributed by atoms with Gasteiger partial charge in [-0.3, -0.25) is 4.79 Å². The second kappa shape index (κ2) is 5.17. The van der Waals surface area contributed by atoms with Crippen molar-refractivity contribution in [1.29, 1.82) is 0 Å².